The first-order valence-corrected chi connectivity index (χ1v) is 10.5. The molecule has 2 aromatic carbocycles. The van der Waals surface area contributed by atoms with Gasteiger partial charge in [0.25, 0.3) is 5.91 Å². The fraction of sp³-hybridized carbons (Fsp3) is 0.261. The lowest BCUT2D eigenvalue weighted by atomic mass is 10.2. The van der Waals surface area contributed by atoms with Crippen LogP contribution >= 0.6 is 0 Å². The molecule has 0 aliphatic carbocycles. The van der Waals surface area contributed by atoms with Gasteiger partial charge in [0.2, 0.25) is 5.95 Å². The molecule has 1 fully saturated rings. The maximum Gasteiger partial charge on any atom is 0.254 e. The molecular formula is C23H25FN6O3. The van der Waals surface area contributed by atoms with E-state index in [1.165, 1.54) is 19.4 Å². The number of morpholine rings is 1. The van der Waals surface area contributed by atoms with Crippen LogP contribution in [-0.2, 0) is 11.3 Å². The van der Waals surface area contributed by atoms with Gasteiger partial charge in [0.1, 0.15) is 17.4 Å². The number of nitrogens with two attached hydrogens (primary N) is 1. The van der Waals surface area contributed by atoms with Gasteiger partial charge in [-0.1, -0.05) is 6.07 Å². The van der Waals surface area contributed by atoms with E-state index in [9.17, 15) is 9.18 Å². The summed E-state index contributed by atoms with van der Waals surface area (Å²) in [6.45, 7) is 3.18. The summed E-state index contributed by atoms with van der Waals surface area (Å²) >= 11 is 0. The monoisotopic (exact) mass is 452 g/mol. The van der Waals surface area contributed by atoms with Crippen LogP contribution in [0.1, 0.15) is 15.9 Å². The zero-order chi connectivity index (χ0) is 23.2. The van der Waals surface area contributed by atoms with Gasteiger partial charge in [0.05, 0.1) is 25.9 Å². The van der Waals surface area contributed by atoms with Crippen molar-refractivity contribution >= 4 is 29.0 Å². The van der Waals surface area contributed by atoms with E-state index >= 15 is 0 Å². The van der Waals surface area contributed by atoms with Crippen LogP contribution < -0.4 is 26.0 Å². The number of anilines is 4. The number of amides is 1. The summed E-state index contributed by atoms with van der Waals surface area (Å²) in [5.41, 5.74) is 7.76. The number of hydrogen-bond acceptors (Lipinski definition) is 8. The number of carbonyl (C=O) groups excluding carboxylic acids is 1. The van der Waals surface area contributed by atoms with E-state index in [1.54, 1.807) is 12.1 Å². The van der Waals surface area contributed by atoms with Gasteiger partial charge in [-0.25, -0.2) is 9.37 Å². The fourth-order valence-corrected chi connectivity index (χ4v) is 3.54. The molecule has 2 heterocycles. The van der Waals surface area contributed by atoms with Crippen LogP contribution in [0, 0.1) is 5.82 Å². The molecule has 172 valence electrons. The lowest BCUT2D eigenvalue weighted by Gasteiger charge is -2.28. The van der Waals surface area contributed by atoms with Crippen molar-refractivity contribution in [2.24, 2.45) is 5.73 Å². The Morgan fingerprint density at radius 2 is 1.97 bits per heavy atom. The molecule has 33 heavy (non-hydrogen) atoms. The molecule has 1 aliphatic rings. The molecule has 1 saturated heterocycles. The first-order chi connectivity index (χ1) is 16.0. The number of halogens is 1. The molecule has 0 bridgehead atoms. The topological polar surface area (TPSA) is 115 Å². The average Bonchev–Trinajstić information content (AvgIpc) is 2.84. The number of methoxy groups -OCH3 is 1. The second-order valence-electron chi connectivity index (χ2n) is 7.37. The number of nitrogens with zero attached hydrogens (tertiary/aromatic N) is 3. The maximum absolute atomic E-state index is 14.3. The van der Waals surface area contributed by atoms with Crippen LogP contribution in [0.25, 0.3) is 0 Å². The summed E-state index contributed by atoms with van der Waals surface area (Å²) in [5.74, 6) is -0.289. The summed E-state index contributed by atoms with van der Waals surface area (Å²) in [4.78, 5) is 22.7. The Hall–Kier alpha value is -3.92. The van der Waals surface area contributed by atoms with Crippen LogP contribution in [-0.4, -0.2) is 49.3 Å². The van der Waals surface area contributed by atoms with Crippen molar-refractivity contribution < 1.29 is 18.7 Å². The molecule has 1 aromatic heterocycles. The Morgan fingerprint density at radius 1 is 1.21 bits per heavy atom. The van der Waals surface area contributed by atoms with Crippen molar-refractivity contribution in [1.29, 1.82) is 0 Å². The highest BCUT2D eigenvalue weighted by atomic mass is 19.1. The number of benzene rings is 2. The Morgan fingerprint density at radius 3 is 2.67 bits per heavy atom. The van der Waals surface area contributed by atoms with E-state index < -0.39 is 11.7 Å². The third-order valence-corrected chi connectivity index (χ3v) is 5.28. The predicted molar refractivity (Wildman–Crippen MR) is 124 cm³/mol. The number of carbonyl (C=O) groups is 1. The Bertz CT molecular complexity index is 1120. The Labute approximate surface area is 190 Å². The molecule has 4 rings (SSSR count). The quantitative estimate of drug-likeness (QED) is 0.478. The Balaban J connectivity index is 1.51. The second kappa shape index (κ2) is 10.1. The molecule has 0 spiro atoms. The van der Waals surface area contributed by atoms with Crippen LogP contribution in [0.15, 0.2) is 48.7 Å². The molecule has 0 atom stereocenters. The van der Waals surface area contributed by atoms with Crippen molar-refractivity contribution in [2.75, 3.05) is 48.9 Å². The minimum absolute atomic E-state index is 0.0425. The van der Waals surface area contributed by atoms with Gasteiger partial charge in [0.15, 0.2) is 0 Å². The summed E-state index contributed by atoms with van der Waals surface area (Å²) in [5, 5.41) is 6.09. The standard InChI is InChI=1S/C23H25FN6O3/c1-32-20-4-2-3-19(24)17(20)13-26-22-18(21(25)31)14-27-23(29-22)28-15-5-7-16(8-6-15)30-9-11-33-12-10-30/h2-8,14H,9-13H2,1H3,(H2,25,31)(H2,26,27,28,29). The molecule has 9 nitrogen and oxygen atoms in total. The SMILES string of the molecule is COc1cccc(F)c1CNc1nc(Nc2ccc(N3CCOCC3)cc2)ncc1C(N)=O. The molecule has 0 unspecified atom stereocenters. The lowest BCUT2D eigenvalue weighted by Crippen LogP contribution is -2.36. The minimum Gasteiger partial charge on any atom is -0.496 e. The van der Waals surface area contributed by atoms with Crippen molar-refractivity contribution in [1.82, 2.24) is 9.97 Å². The van der Waals surface area contributed by atoms with Gasteiger partial charge >= 0.3 is 0 Å². The first-order valence-electron chi connectivity index (χ1n) is 10.5. The normalized spacial score (nSPS) is 13.5. The molecule has 10 heteroatoms. The van der Waals surface area contributed by atoms with Crippen molar-refractivity contribution in [3.63, 3.8) is 0 Å². The van der Waals surface area contributed by atoms with Gasteiger partial charge < -0.3 is 30.7 Å². The average molecular weight is 452 g/mol. The lowest BCUT2D eigenvalue weighted by molar-refractivity contribution is 0.100. The summed E-state index contributed by atoms with van der Waals surface area (Å²) in [6.07, 6.45) is 1.33. The van der Waals surface area contributed by atoms with Gasteiger partial charge in [-0.3, -0.25) is 4.79 Å². The molecule has 1 aliphatic heterocycles. The molecule has 1 amide bonds. The predicted octanol–water partition coefficient (Wildman–Crippen LogP) is 2.92. The highest BCUT2D eigenvalue weighted by molar-refractivity contribution is 5.97. The van der Waals surface area contributed by atoms with Crippen molar-refractivity contribution in [2.45, 2.75) is 6.54 Å². The molecule has 0 saturated carbocycles. The van der Waals surface area contributed by atoms with E-state index in [4.69, 9.17) is 15.2 Å². The third-order valence-electron chi connectivity index (χ3n) is 5.28. The van der Waals surface area contributed by atoms with Crippen LogP contribution in [0.5, 0.6) is 5.75 Å². The highest BCUT2D eigenvalue weighted by Crippen LogP contribution is 2.25. The second-order valence-corrected chi connectivity index (χ2v) is 7.37. The number of nitrogens with one attached hydrogen (secondary N) is 2. The van der Waals surface area contributed by atoms with Crippen LogP contribution in [0.4, 0.5) is 27.5 Å². The Kier molecular flexibility index (Phi) is 6.84. The summed E-state index contributed by atoms with van der Waals surface area (Å²) < 4.78 is 24.9. The highest BCUT2D eigenvalue weighted by Gasteiger charge is 2.15. The van der Waals surface area contributed by atoms with E-state index in [1.807, 2.05) is 24.3 Å². The van der Waals surface area contributed by atoms with Crippen molar-refractivity contribution in [3.05, 3.63) is 65.6 Å². The number of aromatic nitrogens is 2. The number of hydrogen-bond donors (Lipinski definition) is 3. The minimum atomic E-state index is -0.695. The summed E-state index contributed by atoms with van der Waals surface area (Å²) in [6, 6.07) is 12.4. The molecule has 3 aromatic rings. The first kappa shape index (κ1) is 22.3. The third kappa shape index (κ3) is 5.29. The zero-order valence-electron chi connectivity index (χ0n) is 18.2. The zero-order valence-corrected chi connectivity index (χ0v) is 18.2. The van der Waals surface area contributed by atoms with E-state index in [0.717, 1.165) is 24.5 Å². The van der Waals surface area contributed by atoms with Gasteiger partial charge in [-0.15, -0.1) is 0 Å². The van der Waals surface area contributed by atoms with E-state index in [-0.39, 0.29) is 23.9 Å². The maximum atomic E-state index is 14.3. The van der Waals surface area contributed by atoms with Gasteiger partial charge in [0, 0.05) is 42.8 Å². The molecular weight excluding hydrogens is 427 g/mol. The van der Waals surface area contributed by atoms with Gasteiger partial charge in [-0.2, -0.15) is 4.98 Å². The molecule has 0 radical (unpaired) electrons. The number of rotatable bonds is 8. The number of ether oxygens (including phenoxy) is 2. The summed E-state index contributed by atoms with van der Waals surface area (Å²) in [7, 11) is 1.46. The van der Waals surface area contributed by atoms with E-state index in [2.05, 4.69) is 25.5 Å². The van der Waals surface area contributed by atoms with Crippen LogP contribution in [0.3, 0.4) is 0 Å². The smallest absolute Gasteiger partial charge is 0.254 e. The van der Waals surface area contributed by atoms with Crippen molar-refractivity contribution in [3.8, 4) is 5.75 Å². The van der Waals surface area contributed by atoms with E-state index in [0.29, 0.717) is 24.5 Å². The fourth-order valence-electron chi connectivity index (χ4n) is 3.54. The largest absolute Gasteiger partial charge is 0.496 e. The number of primary amides is 1. The van der Waals surface area contributed by atoms with Gasteiger partial charge in [-0.05, 0) is 36.4 Å². The molecule has 4 N–H and O–H groups in total. The van der Waals surface area contributed by atoms with Crippen LogP contribution in [0.2, 0.25) is 0 Å².